The lowest BCUT2D eigenvalue weighted by molar-refractivity contribution is -0.139. The smallest absolute Gasteiger partial charge is 0.341 e. The maximum atomic E-state index is 12.0. The van der Waals surface area contributed by atoms with E-state index in [0.717, 1.165) is 5.56 Å². The van der Waals surface area contributed by atoms with Gasteiger partial charge in [-0.05, 0) is 35.5 Å². The van der Waals surface area contributed by atoms with Crippen molar-refractivity contribution in [3.05, 3.63) is 34.7 Å². The number of aliphatic imine (C=N–C) groups is 1. The maximum absolute atomic E-state index is 12.0. The molecular weight excluding hydrogens is 292 g/mol. The molecule has 0 saturated carbocycles. The van der Waals surface area contributed by atoms with E-state index in [0.29, 0.717) is 15.8 Å². The summed E-state index contributed by atoms with van der Waals surface area (Å²) in [6, 6.07) is 6.86. The van der Waals surface area contributed by atoms with Crippen LogP contribution in [-0.2, 0) is 9.59 Å². The Hall–Kier alpha value is -2.28. The van der Waals surface area contributed by atoms with Crippen molar-refractivity contribution in [2.75, 3.05) is 20.7 Å². The predicted molar refractivity (Wildman–Crippen MR) is 81.3 cm³/mol. The van der Waals surface area contributed by atoms with Crippen LogP contribution in [0.2, 0.25) is 0 Å². The molecule has 1 aromatic rings. The summed E-state index contributed by atoms with van der Waals surface area (Å²) >= 11 is 1.32. The van der Waals surface area contributed by atoms with Crippen molar-refractivity contribution in [1.82, 2.24) is 4.90 Å². The molecule has 0 unspecified atom stereocenters. The molecule has 6 nitrogen and oxygen atoms in total. The molecule has 0 spiro atoms. The number of carboxylic acid groups (broad SMARTS) is 1. The fourth-order valence-electron chi connectivity index (χ4n) is 1.71. The third-order valence-electron chi connectivity index (χ3n) is 2.74. The molecule has 0 aromatic heterocycles. The van der Waals surface area contributed by atoms with Crippen LogP contribution in [0.25, 0.3) is 6.08 Å². The van der Waals surface area contributed by atoms with Gasteiger partial charge in [0.1, 0.15) is 5.75 Å². The van der Waals surface area contributed by atoms with Gasteiger partial charge in [-0.25, -0.2) is 4.79 Å². The average molecular weight is 306 g/mol. The van der Waals surface area contributed by atoms with Gasteiger partial charge < -0.3 is 9.84 Å². The Bertz CT molecular complexity index is 622. The zero-order valence-electron chi connectivity index (χ0n) is 11.6. The van der Waals surface area contributed by atoms with E-state index < -0.39 is 5.97 Å². The number of carboxylic acids is 1. The number of benzene rings is 1. The third kappa shape index (κ3) is 3.63. The van der Waals surface area contributed by atoms with Crippen LogP contribution in [0.15, 0.2) is 34.2 Å². The molecule has 2 rings (SSSR count). The van der Waals surface area contributed by atoms with Crippen LogP contribution in [0.3, 0.4) is 0 Å². The number of ether oxygens (including phenoxy) is 1. The molecule has 7 heteroatoms. The molecule has 1 fully saturated rings. The lowest BCUT2D eigenvalue weighted by Gasteiger charge is -2.05. The zero-order valence-corrected chi connectivity index (χ0v) is 12.4. The fraction of sp³-hybridized carbons (Fsp3) is 0.214. The number of hydrogen-bond acceptors (Lipinski definition) is 5. The second-order valence-corrected chi connectivity index (χ2v) is 5.24. The van der Waals surface area contributed by atoms with Crippen molar-refractivity contribution in [1.29, 1.82) is 0 Å². The Kier molecular flexibility index (Phi) is 4.64. The fourth-order valence-corrected chi connectivity index (χ4v) is 2.63. The summed E-state index contributed by atoms with van der Waals surface area (Å²) in [5.74, 6) is -0.645. The summed E-state index contributed by atoms with van der Waals surface area (Å²) in [7, 11) is 3.32. The quantitative estimate of drug-likeness (QED) is 0.856. The van der Waals surface area contributed by atoms with E-state index in [2.05, 4.69) is 4.99 Å². The number of nitrogens with zero attached hydrogens (tertiary/aromatic N) is 2. The number of amidine groups is 1. The molecule has 1 aromatic carbocycles. The summed E-state index contributed by atoms with van der Waals surface area (Å²) in [5.41, 5.74) is 0.833. The summed E-state index contributed by atoms with van der Waals surface area (Å²) in [4.78, 5) is 28.5. The van der Waals surface area contributed by atoms with E-state index >= 15 is 0 Å². The van der Waals surface area contributed by atoms with Crippen LogP contribution in [0.1, 0.15) is 5.56 Å². The van der Waals surface area contributed by atoms with Crippen LogP contribution >= 0.6 is 11.8 Å². The van der Waals surface area contributed by atoms with Gasteiger partial charge in [-0.1, -0.05) is 12.1 Å². The molecule has 110 valence electrons. The Morgan fingerprint density at radius 2 is 2.10 bits per heavy atom. The van der Waals surface area contributed by atoms with Crippen LogP contribution in [0, 0.1) is 0 Å². The highest BCUT2D eigenvalue weighted by Crippen LogP contribution is 2.31. The van der Waals surface area contributed by atoms with Crippen LogP contribution in [0.5, 0.6) is 5.75 Å². The molecule has 0 atom stereocenters. The highest BCUT2D eigenvalue weighted by atomic mass is 32.2. The second-order valence-electron chi connectivity index (χ2n) is 4.23. The van der Waals surface area contributed by atoms with Gasteiger partial charge in [-0.3, -0.25) is 14.7 Å². The number of rotatable bonds is 4. The standard InChI is InChI=1S/C14H14N2O4S/c1-15-14-16(2)13(19)11(21-14)7-9-3-5-10(6-4-9)20-8-12(17)18/h3-7H,8H2,1-2H3,(H,17,18)/b11-7-,15-14?. The van der Waals surface area contributed by atoms with Gasteiger partial charge in [0.15, 0.2) is 11.8 Å². The van der Waals surface area contributed by atoms with Crippen molar-refractivity contribution in [3.63, 3.8) is 0 Å². The van der Waals surface area contributed by atoms with Gasteiger partial charge >= 0.3 is 5.97 Å². The second kappa shape index (κ2) is 6.45. The van der Waals surface area contributed by atoms with Gasteiger partial charge in [0.2, 0.25) is 0 Å². The van der Waals surface area contributed by atoms with E-state index in [1.54, 1.807) is 44.4 Å². The maximum Gasteiger partial charge on any atom is 0.341 e. The van der Waals surface area contributed by atoms with Crippen molar-refractivity contribution in [2.45, 2.75) is 0 Å². The minimum atomic E-state index is -1.02. The average Bonchev–Trinajstić information content (AvgIpc) is 2.74. The number of aliphatic carboxylic acids is 1. The molecule has 1 aliphatic heterocycles. The minimum absolute atomic E-state index is 0.0909. The Morgan fingerprint density at radius 1 is 1.43 bits per heavy atom. The van der Waals surface area contributed by atoms with Crippen molar-refractivity contribution in [2.24, 2.45) is 4.99 Å². The van der Waals surface area contributed by atoms with Gasteiger partial charge in [0.25, 0.3) is 5.91 Å². The van der Waals surface area contributed by atoms with E-state index in [-0.39, 0.29) is 12.5 Å². The number of carbonyl (C=O) groups excluding carboxylic acids is 1. The summed E-state index contributed by atoms with van der Waals surface area (Å²) in [5, 5.41) is 9.19. The molecule has 0 bridgehead atoms. The molecule has 0 aliphatic carbocycles. The van der Waals surface area contributed by atoms with Gasteiger partial charge in [-0.15, -0.1) is 0 Å². The minimum Gasteiger partial charge on any atom is -0.482 e. The number of thioether (sulfide) groups is 1. The van der Waals surface area contributed by atoms with E-state index in [1.165, 1.54) is 16.7 Å². The van der Waals surface area contributed by atoms with Crippen LogP contribution in [0.4, 0.5) is 0 Å². The summed E-state index contributed by atoms with van der Waals surface area (Å²) in [6.07, 6.45) is 1.77. The lowest BCUT2D eigenvalue weighted by atomic mass is 10.2. The first-order valence-corrected chi connectivity index (χ1v) is 6.92. The highest BCUT2D eigenvalue weighted by Gasteiger charge is 2.29. The first-order chi connectivity index (χ1) is 10.0. The van der Waals surface area contributed by atoms with Crippen LogP contribution < -0.4 is 4.74 Å². The van der Waals surface area contributed by atoms with E-state index in [1.807, 2.05) is 0 Å². The van der Waals surface area contributed by atoms with Gasteiger partial charge in [0, 0.05) is 14.1 Å². The van der Waals surface area contributed by atoms with E-state index in [9.17, 15) is 9.59 Å². The largest absolute Gasteiger partial charge is 0.482 e. The van der Waals surface area contributed by atoms with Gasteiger partial charge in [-0.2, -0.15) is 0 Å². The van der Waals surface area contributed by atoms with Crippen LogP contribution in [-0.4, -0.2) is 47.8 Å². The number of carbonyl (C=O) groups is 2. The molecule has 0 radical (unpaired) electrons. The Labute approximate surface area is 126 Å². The Balaban J connectivity index is 2.11. The third-order valence-corrected chi connectivity index (χ3v) is 3.89. The molecule has 21 heavy (non-hydrogen) atoms. The first-order valence-electron chi connectivity index (χ1n) is 6.10. The topological polar surface area (TPSA) is 79.2 Å². The van der Waals surface area contributed by atoms with E-state index in [4.69, 9.17) is 9.84 Å². The summed E-state index contributed by atoms with van der Waals surface area (Å²) in [6.45, 7) is -0.379. The molecule has 1 saturated heterocycles. The number of likely N-dealkylation sites (N-methyl/N-ethyl adjacent to an activating group) is 1. The van der Waals surface area contributed by atoms with Crippen molar-refractivity contribution in [3.8, 4) is 5.75 Å². The number of hydrogen-bond donors (Lipinski definition) is 1. The molecule has 1 amide bonds. The van der Waals surface area contributed by atoms with Crippen molar-refractivity contribution < 1.29 is 19.4 Å². The molecule has 1 heterocycles. The first kappa shape index (κ1) is 15.1. The molecule has 1 N–H and O–H groups in total. The summed E-state index contributed by atoms with van der Waals surface area (Å²) < 4.78 is 5.05. The molecule has 1 aliphatic rings. The predicted octanol–water partition coefficient (Wildman–Crippen LogP) is 1.68. The lowest BCUT2D eigenvalue weighted by Crippen LogP contribution is -2.23. The highest BCUT2D eigenvalue weighted by molar-refractivity contribution is 8.18. The number of amides is 1. The Morgan fingerprint density at radius 3 is 2.62 bits per heavy atom. The zero-order chi connectivity index (χ0) is 15.4. The SMILES string of the molecule is CN=C1S/C(=C\c2ccc(OCC(=O)O)cc2)C(=O)N1C. The monoisotopic (exact) mass is 306 g/mol. The van der Waals surface area contributed by atoms with Crippen molar-refractivity contribution >= 4 is 34.9 Å². The van der Waals surface area contributed by atoms with Gasteiger partial charge in [0.05, 0.1) is 4.91 Å². The molecular formula is C14H14N2O4S. The normalized spacial score (nSPS) is 18.6.